The zero-order valence-corrected chi connectivity index (χ0v) is 11.9. The van der Waals surface area contributed by atoms with E-state index in [0.717, 1.165) is 13.0 Å². The fraction of sp³-hybridized carbons (Fsp3) is 0.538. The number of nitrogens with two attached hydrogens (primary N) is 1. The predicted octanol–water partition coefficient (Wildman–Crippen LogP) is 1.65. The molecule has 1 aromatic rings. The molecule has 3 heteroatoms. The molecular formula is C13H22NOPd. The van der Waals surface area contributed by atoms with E-state index in [2.05, 4.69) is 39.1 Å². The molecule has 0 aromatic heterocycles. The normalized spacial score (nSPS) is 9.94. The quantitative estimate of drug-likeness (QED) is 0.858. The first-order chi connectivity index (χ1) is 7.61. The van der Waals surface area contributed by atoms with Crippen LogP contribution < -0.4 is 9.77 Å². The number of methoxy groups -OCH3 is 1. The molecule has 0 saturated carbocycles. The van der Waals surface area contributed by atoms with Crippen LogP contribution in [0.1, 0.15) is 19.4 Å². The molecule has 0 saturated heterocycles. The van der Waals surface area contributed by atoms with Crippen LogP contribution in [0.15, 0.2) is 24.3 Å². The Bertz CT molecular complexity index is 276. The predicted molar refractivity (Wildman–Crippen MR) is 65.5 cm³/mol. The standard InChI is InChI=1S/C8H10N.C5H12O.Pd/c9-7-6-8-4-2-1-3-5-8;1-5(2)4-6-3;/h1-4H,6-7,9H2;5H,4H2,1-3H3;. The molecule has 0 aliphatic carbocycles. The third kappa shape index (κ3) is 8.01. The van der Waals surface area contributed by atoms with Crippen LogP contribution in [0.4, 0.5) is 0 Å². The molecule has 0 radical (unpaired) electrons. The van der Waals surface area contributed by atoms with Crippen molar-refractivity contribution in [2.24, 2.45) is 11.7 Å². The van der Waals surface area contributed by atoms with Gasteiger partial charge in [0.1, 0.15) is 0 Å². The van der Waals surface area contributed by atoms with Crippen molar-refractivity contribution in [3.63, 3.8) is 0 Å². The van der Waals surface area contributed by atoms with E-state index in [4.69, 9.17) is 10.5 Å². The zero-order valence-electron chi connectivity index (χ0n) is 10.3. The fourth-order valence-electron chi connectivity index (χ4n) is 1.17. The van der Waals surface area contributed by atoms with Crippen molar-refractivity contribution in [3.05, 3.63) is 29.8 Å². The van der Waals surface area contributed by atoms with Gasteiger partial charge in [0, 0.05) is 13.7 Å². The van der Waals surface area contributed by atoms with Crippen molar-refractivity contribution in [2.45, 2.75) is 20.3 Å². The minimum atomic E-state index is 0.676. The van der Waals surface area contributed by atoms with Crippen molar-refractivity contribution in [1.82, 2.24) is 0 Å². The summed E-state index contributed by atoms with van der Waals surface area (Å²) in [5.41, 5.74) is 6.71. The molecule has 0 aliphatic heterocycles. The number of rotatable bonds is 4. The van der Waals surface area contributed by atoms with Crippen LogP contribution in [0, 0.1) is 5.92 Å². The summed E-state index contributed by atoms with van der Waals surface area (Å²) in [4.78, 5) is 0. The van der Waals surface area contributed by atoms with Gasteiger partial charge in [-0.05, 0) is 5.92 Å². The maximum absolute atomic E-state index is 5.41. The third-order valence-corrected chi connectivity index (χ3v) is 2.60. The van der Waals surface area contributed by atoms with Gasteiger partial charge in [0.25, 0.3) is 0 Å². The van der Waals surface area contributed by atoms with Gasteiger partial charge in [-0.1, -0.05) is 13.8 Å². The Kier molecular flexibility index (Phi) is 9.87. The molecule has 0 unspecified atom stereocenters. The first-order valence-corrected chi connectivity index (χ1v) is 6.28. The Hall–Kier alpha value is -0.198. The molecule has 0 bridgehead atoms. The van der Waals surface area contributed by atoms with Crippen molar-refractivity contribution >= 4 is 4.04 Å². The van der Waals surface area contributed by atoms with Gasteiger partial charge in [-0.15, -0.1) is 0 Å². The summed E-state index contributed by atoms with van der Waals surface area (Å²) in [7, 11) is 1.72. The van der Waals surface area contributed by atoms with Crippen LogP contribution in [0.2, 0.25) is 0 Å². The van der Waals surface area contributed by atoms with Gasteiger partial charge in [0.15, 0.2) is 0 Å². The molecule has 0 heterocycles. The average Bonchev–Trinajstić information content (AvgIpc) is 2.22. The molecule has 0 aliphatic rings. The molecule has 95 valence electrons. The Morgan fingerprint density at radius 3 is 2.31 bits per heavy atom. The fourth-order valence-corrected chi connectivity index (χ4v) is 1.64. The van der Waals surface area contributed by atoms with E-state index in [1.807, 2.05) is 18.2 Å². The summed E-state index contributed by atoms with van der Waals surface area (Å²) in [6, 6.07) is 8.18. The van der Waals surface area contributed by atoms with Gasteiger partial charge in [-0.3, -0.25) is 0 Å². The zero-order chi connectivity index (χ0) is 12.4. The Morgan fingerprint density at radius 1 is 1.31 bits per heavy atom. The Morgan fingerprint density at radius 2 is 1.94 bits per heavy atom. The van der Waals surface area contributed by atoms with Crippen LogP contribution in [-0.2, 0) is 30.4 Å². The number of ether oxygens (including phenoxy) is 1. The van der Waals surface area contributed by atoms with Gasteiger partial charge < -0.3 is 4.74 Å². The molecular weight excluding hydrogens is 293 g/mol. The second-order valence-corrected chi connectivity index (χ2v) is 4.78. The summed E-state index contributed by atoms with van der Waals surface area (Å²) in [6.07, 6.45) is 0.955. The SMILES string of the molecule is COCC(C)C.NCCc1cccc[c]1[Pd]. The van der Waals surface area contributed by atoms with E-state index in [1.54, 1.807) is 7.11 Å². The van der Waals surface area contributed by atoms with Gasteiger partial charge in [-0.25, -0.2) is 0 Å². The van der Waals surface area contributed by atoms with E-state index in [0.29, 0.717) is 12.5 Å². The van der Waals surface area contributed by atoms with Gasteiger partial charge >= 0.3 is 71.8 Å². The van der Waals surface area contributed by atoms with E-state index in [9.17, 15) is 0 Å². The number of hydrogen-bond donors (Lipinski definition) is 1. The van der Waals surface area contributed by atoms with Gasteiger partial charge in [0.05, 0.1) is 0 Å². The van der Waals surface area contributed by atoms with Crippen LogP contribution in [0.5, 0.6) is 0 Å². The molecule has 0 spiro atoms. The van der Waals surface area contributed by atoms with E-state index < -0.39 is 0 Å². The topological polar surface area (TPSA) is 35.2 Å². The molecule has 16 heavy (non-hydrogen) atoms. The third-order valence-electron chi connectivity index (χ3n) is 1.84. The van der Waals surface area contributed by atoms with Crippen molar-refractivity contribution < 1.29 is 23.9 Å². The van der Waals surface area contributed by atoms with Crippen LogP contribution >= 0.6 is 0 Å². The van der Waals surface area contributed by atoms with E-state index in [1.165, 1.54) is 9.60 Å². The second-order valence-electron chi connectivity index (χ2n) is 3.95. The minimum absolute atomic E-state index is 0.676. The monoisotopic (exact) mass is 314 g/mol. The number of benzene rings is 1. The molecule has 1 rings (SSSR count). The summed E-state index contributed by atoms with van der Waals surface area (Å²) in [6.45, 7) is 5.85. The molecule has 0 atom stereocenters. The van der Waals surface area contributed by atoms with Gasteiger partial charge in [-0.2, -0.15) is 0 Å². The summed E-state index contributed by atoms with van der Waals surface area (Å²) >= 11 is 3.18. The van der Waals surface area contributed by atoms with Crippen molar-refractivity contribution in [2.75, 3.05) is 20.3 Å². The summed E-state index contributed by atoms with van der Waals surface area (Å²) in [5.74, 6) is 0.676. The molecule has 2 N–H and O–H groups in total. The first-order valence-electron chi connectivity index (χ1n) is 5.51. The molecule has 2 nitrogen and oxygen atoms in total. The van der Waals surface area contributed by atoms with E-state index >= 15 is 0 Å². The van der Waals surface area contributed by atoms with E-state index in [-0.39, 0.29) is 0 Å². The Balaban J connectivity index is 0.000000325. The van der Waals surface area contributed by atoms with Gasteiger partial charge in [0.2, 0.25) is 0 Å². The van der Waals surface area contributed by atoms with Crippen LogP contribution in [0.25, 0.3) is 0 Å². The summed E-state index contributed by atoms with van der Waals surface area (Å²) in [5, 5.41) is 0. The molecule has 0 fully saturated rings. The number of hydrogen-bond acceptors (Lipinski definition) is 2. The van der Waals surface area contributed by atoms with Crippen molar-refractivity contribution in [3.8, 4) is 0 Å². The van der Waals surface area contributed by atoms with Crippen molar-refractivity contribution in [1.29, 1.82) is 0 Å². The van der Waals surface area contributed by atoms with Crippen LogP contribution in [0.3, 0.4) is 0 Å². The summed E-state index contributed by atoms with van der Waals surface area (Å²) < 4.78 is 5.99. The Labute approximate surface area is 110 Å². The molecule has 0 amide bonds. The second kappa shape index (κ2) is 9.99. The maximum atomic E-state index is 5.41. The first kappa shape index (κ1) is 15.8. The average molecular weight is 315 g/mol. The van der Waals surface area contributed by atoms with Crippen LogP contribution in [-0.4, -0.2) is 20.3 Å². The molecule has 1 aromatic carbocycles.